The van der Waals surface area contributed by atoms with Gasteiger partial charge in [0, 0.05) is 24.9 Å². The van der Waals surface area contributed by atoms with Gasteiger partial charge in [0.15, 0.2) is 6.10 Å². The van der Waals surface area contributed by atoms with E-state index in [4.69, 9.17) is 9.47 Å². The number of pyridine rings is 1. The molecule has 2 aromatic heterocycles. The molecular formula is C27H34FN5O4. The molecule has 0 bridgehead atoms. The highest BCUT2D eigenvalue weighted by Crippen LogP contribution is 2.25. The molecule has 3 heterocycles. The highest BCUT2D eigenvalue weighted by Gasteiger charge is 2.34. The Balaban J connectivity index is 0.000000465. The molecule has 4 rings (SSSR count). The largest absolute Gasteiger partial charge is 0.479 e. The summed E-state index contributed by atoms with van der Waals surface area (Å²) in [5.41, 5.74) is 5.16. The quantitative estimate of drug-likeness (QED) is 0.439. The molecule has 9 nitrogen and oxygen atoms in total. The zero-order chi connectivity index (χ0) is 27.2. The molecule has 1 amide bonds. The zero-order valence-corrected chi connectivity index (χ0v) is 21.6. The van der Waals surface area contributed by atoms with Crippen LogP contribution in [0.4, 0.5) is 10.1 Å². The van der Waals surface area contributed by atoms with Crippen LogP contribution in [0.2, 0.25) is 0 Å². The number of hydrogen-bond donors (Lipinski definition) is 1. The molecule has 37 heavy (non-hydrogen) atoms. The van der Waals surface area contributed by atoms with Crippen molar-refractivity contribution in [2.75, 3.05) is 18.5 Å². The number of nitrogens with zero attached hydrogens (tertiary/aromatic N) is 4. The van der Waals surface area contributed by atoms with Crippen LogP contribution < -0.4 is 20.1 Å². The Labute approximate surface area is 216 Å². The number of anilines is 1. The number of ether oxygens (including phenoxy) is 2. The average Bonchev–Trinajstić information content (AvgIpc) is 3.29. The molecule has 3 aromatic rings. The van der Waals surface area contributed by atoms with Crippen molar-refractivity contribution in [2.24, 2.45) is 11.7 Å². The molecule has 0 spiro atoms. The van der Waals surface area contributed by atoms with Gasteiger partial charge < -0.3 is 24.9 Å². The van der Waals surface area contributed by atoms with Crippen LogP contribution in [-0.4, -0.2) is 46.8 Å². The molecule has 1 saturated heterocycles. The second-order valence-corrected chi connectivity index (χ2v) is 7.97. The second-order valence-electron chi connectivity index (χ2n) is 7.97. The highest BCUT2D eigenvalue weighted by atomic mass is 19.1. The molecule has 10 heteroatoms. The number of nitrogens with two attached hydrogens (primary N) is 1. The third kappa shape index (κ3) is 8.91. The molecule has 1 aliphatic heterocycles. The fourth-order valence-corrected chi connectivity index (χ4v) is 3.31. The van der Waals surface area contributed by atoms with E-state index in [9.17, 15) is 14.0 Å². The Morgan fingerprint density at radius 3 is 2.16 bits per heavy atom. The molecule has 0 saturated carbocycles. The minimum atomic E-state index is -0.591. The SMILES string of the molecule is CCC(C=O)CC.CN.Cc1ncc(N2CC[C@@H](Oc3ccc(Oc4ccc(F)cc4)nc3)C2=O)cn1. The predicted octanol–water partition coefficient (Wildman–Crippen LogP) is 4.49. The van der Waals surface area contributed by atoms with Gasteiger partial charge in [0.2, 0.25) is 5.88 Å². The standard InChI is InChI=1S/C20H17FN4O3.C6H12O.CH5N/c1-13-22-10-15(11-23-13)25-9-8-18(20(25)26)27-17-6-7-19(24-12-17)28-16-4-2-14(21)3-5-16;1-3-6(4-2)5-7;1-2/h2-7,10-12,18H,8-9H2,1H3;5-6H,3-4H2,1-2H3;2H2,1H3/t18-;;/m1../s1. The maximum atomic E-state index is 12.9. The first-order valence-electron chi connectivity index (χ1n) is 12.1. The van der Waals surface area contributed by atoms with Crippen molar-refractivity contribution in [3.8, 4) is 17.4 Å². The van der Waals surface area contributed by atoms with Gasteiger partial charge in [0.1, 0.15) is 29.4 Å². The summed E-state index contributed by atoms with van der Waals surface area (Å²) in [6.45, 7) is 6.39. The maximum absolute atomic E-state index is 12.9. The van der Waals surface area contributed by atoms with Crippen molar-refractivity contribution < 1.29 is 23.5 Å². The van der Waals surface area contributed by atoms with Crippen molar-refractivity contribution in [1.82, 2.24) is 15.0 Å². The zero-order valence-electron chi connectivity index (χ0n) is 21.6. The summed E-state index contributed by atoms with van der Waals surface area (Å²) in [4.78, 5) is 36.6. The molecular weight excluding hydrogens is 477 g/mol. The fourth-order valence-electron chi connectivity index (χ4n) is 3.31. The summed E-state index contributed by atoms with van der Waals surface area (Å²) in [6, 6.07) is 8.96. The Kier molecular flexibility index (Phi) is 12.1. The van der Waals surface area contributed by atoms with Gasteiger partial charge in [-0.25, -0.2) is 19.3 Å². The van der Waals surface area contributed by atoms with E-state index in [-0.39, 0.29) is 11.7 Å². The Hall–Kier alpha value is -3.92. The number of rotatable bonds is 8. The lowest BCUT2D eigenvalue weighted by molar-refractivity contribution is -0.122. The first-order chi connectivity index (χ1) is 17.9. The maximum Gasteiger partial charge on any atom is 0.268 e. The van der Waals surface area contributed by atoms with Crippen molar-refractivity contribution in [3.05, 3.63) is 66.6 Å². The Morgan fingerprint density at radius 2 is 1.65 bits per heavy atom. The fraction of sp³-hybridized carbons (Fsp3) is 0.370. The minimum Gasteiger partial charge on any atom is -0.479 e. The van der Waals surface area contributed by atoms with E-state index in [0.717, 1.165) is 19.1 Å². The van der Waals surface area contributed by atoms with Gasteiger partial charge in [-0.1, -0.05) is 13.8 Å². The molecule has 1 aromatic carbocycles. The molecule has 1 fully saturated rings. The minimum absolute atomic E-state index is 0.140. The predicted molar refractivity (Wildman–Crippen MR) is 139 cm³/mol. The molecule has 0 radical (unpaired) electrons. The van der Waals surface area contributed by atoms with Gasteiger partial charge >= 0.3 is 0 Å². The third-order valence-corrected chi connectivity index (χ3v) is 5.50. The Morgan fingerprint density at radius 1 is 1.03 bits per heavy atom. The molecule has 0 unspecified atom stereocenters. The lowest BCUT2D eigenvalue weighted by Gasteiger charge is -2.16. The number of benzene rings is 1. The number of hydrogen-bond acceptors (Lipinski definition) is 8. The lowest BCUT2D eigenvalue weighted by Crippen LogP contribution is -2.32. The number of carbonyl (C=O) groups excluding carboxylic acids is 2. The van der Waals surface area contributed by atoms with Crippen LogP contribution in [0.25, 0.3) is 0 Å². The van der Waals surface area contributed by atoms with E-state index in [0.29, 0.717) is 47.8 Å². The molecule has 198 valence electrons. The number of aromatic nitrogens is 3. The van der Waals surface area contributed by atoms with Crippen LogP contribution in [0.1, 0.15) is 38.9 Å². The molecule has 1 aliphatic rings. The summed E-state index contributed by atoms with van der Waals surface area (Å²) in [6.07, 6.45) is 7.72. The van der Waals surface area contributed by atoms with Crippen molar-refractivity contribution in [2.45, 2.75) is 46.1 Å². The van der Waals surface area contributed by atoms with Gasteiger partial charge in [-0.05, 0) is 57.1 Å². The molecule has 1 atom stereocenters. The van der Waals surface area contributed by atoms with Crippen molar-refractivity contribution >= 4 is 17.9 Å². The van der Waals surface area contributed by atoms with Crippen LogP contribution in [0.5, 0.6) is 17.4 Å². The number of carbonyl (C=O) groups is 2. The van der Waals surface area contributed by atoms with Crippen LogP contribution in [0, 0.1) is 18.7 Å². The first-order valence-corrected chi connectivity index (χ1v) is 12.1. The van der Waals surface area contributed by atoms with Gasteiger partial charge in [-0.15, -0.1) is 0 Å². The summed E-state index contributed by atoms with van der Waals surface area (Å²) >= 11 is 0. The van der Waals surface area contributed by atoms with Gasteiger partial charge in [-0.2, -0.15) is 0 Å². The van der Waals surface area contributed by atoms with Crippen LogP contribution in [-0.2, 0) is 9.59 Å². The Bertz CT molecular complexity index is 1090. The van der Waals surface area contributed by atoms with E-state index in [1.807, 2.05) is 13.8 Å². The molecule has 0 aliphatic carbocycles. The first kappa shape index (κ1) is 29.3. The van der Waals surface area contributed by atoms with E-state index < -0.39 is 6.10 Å². The smallest absolute Gasteiger partial charge is 0.268 e. The van der Waals surface area contributed by atoms with E-state index in [2.05, 4.69) is 20.7 Å². The van der Waals surface area contributed by atoms with Crippen molar-refractivity contribution in [3.63, 3.8) is 0 Å². The van der Waals surface area contributed by atoms with Gasteiger partial charge in [0.25, 0.3) is 5.91 Å². The average molecular weight is 512 g/mol. The van der Waals surface area contributed by atoms with Gasteiger partial charge in [-0.3, -0.25) is 4.79 Å². The summed E-state index contributed by atoms with van der Waals surface area (Å²) in [5.74, 6) is 1.76. The highest BCUT2D eigenvalue weighted by molar-refractivity contribution is 5.98. The van der Waals surface area contributed by atoms with E-state index >= 15 is 0 Å². The van der Waals surface area contributed by atoms with Gasteiger partial charge in [0.05, 0.1) is 24.3 Å². The monoisotopic (exact) mass is 511 g/mol. The number of amides is 1. The molecule has 2 N–H and O–H groups in total. The summed E-state index contributed by atoms with van der Waals surface area (Å²) in [7, 11) is 1.50. The second kappa shape index (κ2) is 15.2. The number of halogens is 1. The van der Waals surface area contributed by atoms with Crippen LogP contribution in [0.15, 0.2) is 55.0 Å². The topological polar surface area (TPSA) is 121 Å². The third-order valence-electron chi connectivity index (χ3n) is 5.50. The summed E-state index contributed by atoms with van der Waals surface area (Å²) in [5, 5.41) is 0. The number of aryl methyl sites for hydroxylation is 1. The van der Waals surface area contributed by atoms with Crippen molar-refractivity contribution in [1.29, 1.82) is 0 Å². The number of aldehydes is 1. The van der Waals surface area contributed by atoms with E-state index in [1.165, 1.54) is 37.5 Å². The van der Waals surface area contributed by atoms with E-state index in [1.54, 1.807) is 36.4 Å². The summed E-state index contributed by atoms with van der Waals surface area (Å²) < 4.78 is 24.3. The van der Waals surface area contributed by atoms with Crippen LogP contribution in [0.3, 0.4) is 0 Å². The van der Waals surface area contributed by atoms with Crippen LogP contribution >= 0.6 is 0 Å². The lowest BCUT2D eigenvalue weighted by atomic mass is 10.1. The normalized spacial score (nSPS) is 14.3.